The number of aromatic nitrogens is 1. The Morgan fingerprint density at radius 1 is 1.17 bits per heavy atom. The van der Waals surface area contributed by atoms with E-state index in [-0.39, 0.29) is 17.8 Å². The van der Waals surface area contributed by atoms with E-state index in [2.05, 4.69) is 5.32 Å². The van der Waals surface area contributed by atoms with Crippen LogP contribution in [-0.2, 0) is 6.42 Å². The Bertz CT molecular complexity index is 736. The van der Waals surface area contributed by atoms with Gasteiger partial charge in [-0.25, -0.2) is 0 Å². The fraction of sp³-hybridized carbons (Fsp3) is 0.333. The van der Waals surface area contributed by atoms with Crippen molar-refractivity contribution in [1.82, 2.24) is 9.88 Å². The third kappa shape index (κ3) is 4.00. The topological polar surface area (TPSA) is 71.3 Å². The van der Waals surface area contributed by atoms with Gasteiger partial charge in [0.1, 0.15) is 0 Å². The lowest BCUT2D eigenvalue weighted by molar-refractivity contribution is 0.0927. The van der Waals surface area contributed by atoms with E-state index >= 15 is 0 Å². The van der Waals surface area contributed by atoms with Crippen LogP contribution in [0.5, 0.6) is 5.75 Å². The van der Waals surface area contributed by atoms with Crippen molar-refractivity contribution in [3.05, 3.63) is 64.1 Å². The largest absolute Gasteiger partial charge is 0.503 e. The molecule has 5 heteroatoms. The number of hydrogen-bond acceptors (Lipinski definition) is 3. The van der Waals surface area contributed by atoms with Gasteiger partial charge in [0, 0.05) is 24.3 Å². The van der Waals surface area contributed by atoms with Gasteiger partial charge >= 0.3 is 0 Å². The molecule has 1 heterocycles. The van der Waals surface area contributed by atoms with Crippen LogP contribution in [0, 0.1) is 0 Å². The first kappa shape index (κ1) is 16.8. The molecule has 0 spiro atoms. The van der Waals surface area contributed by atoms with Crippen molar-refractivity contribution in [1.29, 1.82) is 0 Å². The molecule has 0 saturated heterocycles. The number of carbonyl (C=O) groups is 1. The molecule has 0 fully saturated rings. The van der Waals surface area contributed by atoms with E-state index in [0.717, 1.165) is 5.56 Å². The smallest absolute Gasteiger partial charge is 0.272 e. The molecule has 0 aliphatic carbocycles. The summed E-state index contributed by atoms with van der Waals surface area (Å²) in [5.74, 6) is -0.958. The first-order valence-corrected chi connectivity index (χ1v) is 7.69. The number of aromatic hydroxyl groups is 1. The van der Waals surface area contributed by atoms with Crippen LogP contribution in [0.25, 0.3) is 0 Å². The summed E-state index contributed by atoms with van der Waals surface area (Å²) in [5.41, 5.74) is 0.574. The summed E-state index contributed by atoms with van der Waals surface area (Å²) >= 11 is 0. The Hall–Kier alpha value is -2.56. The molecule has 122 valence electrons. The van der Waals surface area contributed by atoms with Crippen LogP contribution >= 0.6 is 0 Å². The standard InChI is InChI=1S/C18H22N2O3/c1-12(2)19-18(23)16-17(22)15(21)9-10-20(16)13(3)11-14-7-5-4-6-8-14/h4-10,12-13,22H,11H2,1-3H3,(H,19,23). The van der Waals surface area contributed by atoms with Crippen LogP contribution in [0.1, 0.15) is 42.9 Å². The van der Waals surface area contributed by atoms with Crippen LogP contribution in [0.15, 0.2) is 47.4 Å². The van der Waals surface area contributed by atoms with Crippen molar-refractivity contribution < 1.29 is 9.90 Å². The van der Waals surface area contributed by atoms with Crippen molar-refractivity contribution >= 4 is 5.91 Å². The number of nitrogens with zero attached hydrogens (tertiary/aromatic N) is 1. The maximum Gasteiger partial charge on any atom is 0.272 e. The quantitative estimate of drug-likeness (QED) is 0.890. The minimum absolute atomic E-state index is 0.00892. The van der Waals surface area contributed by atoms with Gasteiger partial charge in [0.05, 0.1) is 0 Å². The second kappa shape index (κ2) is 7.13. The molecule has 5 nitrogen and oxygen atoms in total. The Morgan fingerprint density at radius 3 is 2.43 bits per heavy atom. The normalized spacial score (nSPS) is 12.2. The van der Waals surface area contributed by atoms with Gasteiger partial charge in [0.25, 0.3) is 5.91 Å². The Balaban J connectivity index is 2.39. The van der Waals surface area contributed by atoms with Crippen molar-refractivity contribution in [3.8, 4) is 5.75 Å². The van der Waals surface area contributed by atoms with Crippen molar-refractivity contribution in [3.63, 3.8) is 0 Å². The maximum atomic E-state index is 12.4. The van der Waals surface area contributed by atoms with Gasteiger partial charge in [-0.15, -0.1) is 0 Å². The summed E-state index contributed by atoms with van der Waals surface area (Å²) in [6.45, 7) is 5.60. The van der Waals surface area contributed by atoms with Gasteiger partial charge in [-0.3, -0.25) is 9.59 Å². The second-order valence-corrected chi connectivity index (χ2v) is 5.95. The molecule has 1 unspecified atom stereocenters. The number of hydrogen-bond donors (Lipinski definition) is 2. The van der Waals surface area contributed by atoms with E-state index in [9.17, 15) is 14.7 Å². The van der Waals surface area contributed by atoms with Crippen LogP contribution in [0.3, 0.4) is 0 Å². The summed E-state index contributed by atoms with van der Waals surface area (Å²) in [6, 6.07) is 11.0. The number of amides is 1. The number of carbonyl (C=O) groups excluding carboxylic acids is 1. The minimum Gasteiger partial charge on any atom is -0.503 e. The highest BCUT2D eigenvalue weighted by Gasteiger charge is 2.21. The summed E-state index contributed by atoms with van der Waals surface area (Å²) in [5, 5.41) is 12.8. The van der Waals surface area contributed by atoms with E-state index < -0.39 is 17.1 Å². The van der Waals surface area contributed by atoms with E-state index in [1.165, 1.54) is 6.07 Å². The third-order valence-electron chi connectivity index (χ3n) is 3.59. The lowest BCUT2D eigenvalue weighted by Crippen LogP contribution is -2.34. The average Bonchev–Trinajstić information content (AvgIpc) is 2.49. The molecule has 1 atom stereocenters. The number of nitrogens with one attached hydrogen (secondary N) is 1. The number of rotatable bonds is 5. The zero-order valence-corrected chi connectivity index (χ0v) is 13.6. The van der Waals surface area contributed by atoms with Crippen molar-refractivity contribution in [2.24, 2.45) is 0 Å². The van der Waals surface area contributed by atoms with Crippen LogP contribution in [0.2, 0.25) is 0 Å². The van der Waals surface area contributed by atoms with E-state index in [1.54, 1.807) is 10.8 Å². The zero-order valence-electron chi connectivity index (χ0n) is 13.6. The zero-order chi connectivity index (χ0) is 17.0. The average molecular weight is 314 g/mol. The summed E-state index contributed by atoms with van der Waals surface area (Å²) in [7, 11) is 0. The first-order valence-electron chi connectivity index (χ1n) is 7.69. The summed E-state index contributed by atoms with van der Waals surface area (Å²) < 4.78 is 1.65. The molecule has 1 aromatic heterocycles. The number of benzene rings is 1. The predicted molar refractivity (Wildman–Crippen MR) is 89.8 cm³/mol. The molecule has 0 saturated carbocycles. The van der Waals surface area contributed by atoms with Gasteiger partial charge in [0.2, 0.25) is 5.43 Å². The lowest BCUT2D eigenvalue weighted by Gasteiger charge is -2.21. The molecule has 23 heavy (non-hydrogen) atoms. The first-order chi connectivity index (χ1) is 10.9. The highest BCUT2D eigenvalue weighted by Crippen LogP contribution is 2.20. The molecule has 0 radical (unpaired) electrons. The fourth-order valence-corrected chi connectivity index (χ4v) is 2.52. The summed E-state index contributed by atoms with van der Waals surface area (Å²) in [6.07, 6.45) is 2.25. The van der Waals surface area contributed by atoms with Crippen molar-refractivity contribution in [2.75, 3.05) is 0 Å². The second-order valence-electron chi connectivity index (χ2n) is 5.95. The lowest BCUT2D eigenvalue weighted by atomic mass is 10.1. The van der Waals surface area contributed by atoms with E-state index in [0.29, 0.717) is 6.42 Å². The highest BCUT2D eigenvalue weighted by atomic mass is 16.3. The molecule has 1 aromatic carbocycles. The third-order valence-corrected chi connectivity index (χ3v) is 3.59. The molecule has 0 bridgehead atoms. The highest BCUT2D eigenvalue weighted by molar-refractivity contribution is 5.95. The molecule has 0 aliphatic rings. The minimum atomic E-state index is -0.554. The summed E-state index contributed by atoms with van der Waals surface area (Å²) in [4.78, 5) is 24.1. The number of pyridine rings is 1. The van der Waals surface area contributed by atoms with Gasteiger partial charge in [-0.1, -0.05) is 30.3 Å². The Morgan fingerprint density at radius 2 is 1.83 bits per heavy atom. The molecule has 2 aromatic rings. The SMILES string of the molecule is CC(C)NC(=O)c1c(O)c(=O)ccn1C(C)Cc1ccccc1. The van der Waals surface area contributed by atoms with Gasteiger partial charge < -0.3 is 15.0 Å². The van der Waals surface area contributed by atoms with Gasteiger partial charge in [-0.05, 0) is 32.8 Å². The Kier molecular flexibility index (Phi) is 5.21. The molecular formula is C18H22N2O3. The Labute approximate surface area is 135 Å². The van der Waals surface area contributed by atoms with Gasteiger partial charge in [0.15, 0.2) is 11.4 Å². The van der Waals surface area contributed by atoms with E-state index in [4.69, 9.17) is 0 Å². The molecule has 2 N–H and O–H groups in total. The fourth-order valence-electron chi connectivity index (χ4n) is 2.52. The van der Waals surface area contributed by atoms with Crippen LogP contribution in [-0.4, -0.2) is 21.6 Å². The van der Waals surface area contributed by atoms with Crippen molar-refractivity contribution in [2.45, 2.75) is 39.3 Å². The van der Waals surface area contributed by atoms with Gasteiger partial charge in [-0.2, -0.15) is 0 Å². The monoisotopic (exact) mass is 314 g/mol. The molecule has 0 aliphatic heterocycles. The van der Waals surface area contributed by atoms with Crippen LogP contribution < -0.4 is 10.7 Å². The van der Waals surface area contributed by atoms with E-state index in [1.807, 2.05) is 51.1 Å². The maximum absolute atomic E-state index is 12.4. The van der Waals surface area contributed by atoms with Crippen LogP contribution in [0.4, 0.5) is 0 Å². The molecular weight excluding hydrogens is 292 g/mol. The molecule has 1 amide bonds. The molecule has 2 rings (SSSR count). The predicted octanol–water partition coefficient (Wildman–Crippen LogP) is 2.50.